The van der Waals surface area contributed by atoms with Crippen molar-refractivity contribution in [2.45, 2.75) is 169 Å². The summed E-state index contributed by atoms with van der Waals surface area (Å²) in [5, 5.41) is 1.70. The number of ether oxygens (including phenoxy) is 2. The van der Waals surface area contributed by atoms with Crippen LogP contribution in [0.25, 0.3) is 0 Å². The van der Waals surface area contributed by atoms with E-state index >= 15 is 0 Å². The van der Waals surface area contributed by atoms with Crippen molar-refractivity contribution in [3.8, 4) is 0 Å². The Morgan fingerprint density at radius 3 is 1.69 bits per heavy atom. The molecule has 0 aromatic rings. The third kappa shape index (κ3) is 30.2. The van der Waals surface area contributed by atoms with Crippen LogP contribution in [-0.2, 0) is 14.3 Å². The molecule has 0 atom stereocenters. The fourth-order valence-corrected chi connectivity index (χ4v) is 5.00. The van der Waals surface area contributed by atoms with Gasteiger partial charge >= 0.3 is 5.97 Å². The fraction of sp³-hybridized carbons (Fsp3) is 0.914. The van der Waals surface area contributed by atoms with Gasteiger partial charge < -0.3 is 25.1 Å². The molecular weight excluding hydrogens is 524 g/mol. The number of esters is 1. The van der Waals surface area contributed by atoms with E-state index in [4.69, 9.17) is 21.1 Å². The summed E-state index contributed by atoms with van der Waals surface area (Å²) in [6, 6.07) is 0. The van der Waals surface area contributed by atoms with Gasteiger partial charge in [0.1, 0.15) is 0 Å². The number of nitrogens with zero attached hydrogens (tertiary/aromatic N) is 2. The van der Waals surface area contributed by atoms with Gasteiger partial charge in [-0.1, -0.05) is 104 Å². The van der Waals surface area contributed by atoms with Crippen molar-refractivity contribution in [2.24, 2.45) is 11.6 Å². The predicted molar refractivity (Wildman–Crippen MR) is 180 cm³/mol. The number of hydrogen-bond acceptors (Lipinski definition) is 7. The molecule has 0 unspecified atom stereocenters. The minimum Gasteiger partial charge on any atom is -0.466 e. The van der Waals surface area contributed by atoms with E-state index < -0.39 is 0 Å². The number of hydrazine groups is 1. The lowest BCUT2D eigenvalue weighted by atomic mass is 10.1. The van der Waals surface area contributed by atoms with Crippen LogP contribution in [0.5, 0.6) is 0 Å². The Morgan fingerprint density at radius 1 is 0.667 bits per heavy atom. The Hall–Kier alpha value is -1.31. The van der Waals surface area contributed by atoms with Crippen molar-refractivity contribution in [1.29, 1.82) is 0 Å². The highest BCUT2D eigenvalue weighted by molar-refractivity contribution is 5.69. The molecule has 7 nitrogen and oxygen atoms in total. The average Bonchev–Trinajstić information content (AvgIpc) is 2.93. The molecule has 0 aliphatic carbocycles. The Kier molecular flexibility index (Phi) is 27.6. The Morgan fingerprint density at radius 2 is 1.14 bits per heavy atom. The Balaban J connectivity index is 4.13. The zero-order chi connectivity index (χ0) is 31.3. The number of nitrogens with two attached hydrogens (primary N) is 2. The zero-order valence-corrected chi connectivity index (χ0v) is 28.7. The summed E-state index contributed by atoms with van der Waals surface area (Å²) in [6.07, 6.45) is 25.7. The largest absolute Gasteiger partial charge is 0.466 e. The minimum absolute atomic E-state index is 0.0154. The molecule has 0 rings (SSSR count). The van der Waals surface area contributed by atoms with Gasteiger partial charge in [0.25, 0.3) is 0 Å². The van der Waals surface area contributed by atoms with E-state index in [0.717, 1.165) is 45.3 Å². The summed E-state index contributed by atoms with van der Waals surface area (Å²) in [4.78, 5) is 14.6. The first-order chi connectivity index (χ1) is 20.2. The van der Waals surface area contributed by atoms with Crippen LogP contribution in [0.15, 0.2) is 11.9 Å². The third-order valence-electron chi connectivity index (χ3n) is 7.59. The van der Waals surface area contributed by atoms with Gasteiger partial charge in [0, 0.05) is 19.2 Å². The van der Waals surface area contributed by atoms with E-state index in [1.165, 1.54) is 103 Å². The molecule has 7 heteroatoms. The van der Waals surface area contributed by atoms with E-state index in [1.54, 1.807) is 11.2 Å². The van der Waals surface area contributed by atoms with E-state index in [1.807, 2.05) is 20.8 Å². The summed E-state index contributed by atoms with van der Waals surface area (Å²) in [7, 11) is 0. The molecule has 0 saturated carbocycles. The summed E-state index contributed by atoms with van der Waals surface area (Å²) in [6.45, 7) is 15.7. The molecule has 0 aromatic heterocycles. The molecule has 0 radical (unpaired) electrons. The van der Waals surface area contributed by atoms with Crippen molar-refractivity contribution >= 4 is 5.97 Å². The maximum absolute atomic E-state index is 12.0. The molecule has 0 bridgehead atoms. The molecule has 0 fully saturated rings. The van der Waals surface area contributed by atoms with Crippen LogP contribution >= 0.6 is 0 Å². The lowest BCUT2D eigenvalue weighted by Crippen LogP contribution is -2.33. The Labute approximate surface area is 261 Å². The first kappa shape index (κ1) is 40.7. The second-order valence-electron chi connectivity index (χ2n) is 13.2. The molecule has 0 spiro atoms. The number of rotatable bonds is 30. The number of carbonyl (C=O) groups is 1. The summed E-state index contributed by atoms with van der Waals surface area (Å²) >= 11 is 0. The minimum atomic E-state index is -0.215. The second-order valence-corrected chi connectivity index (χ2v) is 13.2. The number of carbonyl (C=O) groups excluding carboxylic acids is 1. The van der Waals surface area contributed by atoms with Gasteiger partial charge in [-0.3, -0.25) is 4.79 Å². The smallest absolute Gasteiger partial charge is 0.305 e. The standard InChI is InChI=1S/C35H72N4O3/c1-6-8-10-12-14-19-23-30-41-34(40)25-20-16-15-18-22-27-38(26-21-17-13-11-9-7-2)28-24-29-39(37)31-33(36)32-42-35(3,4)5/h31H,6-30,32,36-37H2,1-5H3/b33-31-. The van der Waals surface area contributed by atoms with E-state index in [9.17, 15) is 4.79 Å². The van der Waals surface area contributed by atoms with Gasteiger partial charge in [-0.05, 0) is 72.5 Å². The van der Waals surface area contributed by atoms with Crippen molar-refractivity contribution in [3.05, 3.63) is 11.9 Å². The van der Waals surface area contributed by atoms with Crippen molar-refractivity contribution < 1.29 is 14.3 Å². The van der Waals surface area contributed by atoms with Gasteiger partial charge in [-0.2, -0.15) is 0 Å². The van der Waals surface area contributed by atoms with Gasteiger partial charge in [0.15, 0.2) is 0 Å². The topological polar surface area (TPSA) is 94.0 Å². The molecule has 0 aliphatic heterocycles. The van der Waals surface area contributed by atoms with Gasteiger partial charge in [-0.15, -0.1) is 0 Å². The molecule has 0 saturated heterocycles. The van der Waals surface area contributed by atoms with Crippen LogP contribution in [-0.4, -0.2) is 60.9 Å². The molecule has 0 amide bonds. The lowest BCUT2D eigenvalue weighted by Gasteiger charge is -2.24. The van der Waals surface area contributed by atoms with Crippen LogP contribution in [0.1, 0.15) is 163 Å². The summed E-state index contributed by atoms with van der Waals surface area (Å²) in [5.41, 5.74) is 6.52. The predicted octanol–water partition coefficient (Wildman–Crippen LogP) is 8.46. The maximum Gasteiger partial charge on any atom is 0.305 e. The van der Waals surface area contributed by atoms with Crippen molar-refractivity contribution in [3.63, 3.8) is 0 Å². The summed E-state index contributed by atoms with van der Waals surface area (Å²) < 4.78 is 11.2. The quantitative estimate of drug-likeness (QED) is 0.0372. The third-order valence-corrected chi connectivity index (χ3v) is 7.59. The van der Waals surface area contributed by atoms with Crippen molar-refractivity contribution in [1.82, 2.24) is 9.91 Å². The van der Waals surface area contributed by atoms with Crippen LogP contribution in [0, 0.1) is 0 Å². The van der Waals surface area contributed by atoms with E-state index in [2.05, 4.69) is 18.7 Å². The van der Waals surface area contributed by atoms with Crippen molar-refractivity contribution in [2.75, 3.05) is 39.4 Å². The summed E-state index contributed by atoms with van der Waals surface area (Å²) in [5.74, 6) is 6.17. The van der Waals surface area contributed by atoms with Gasteiger partial charge in [0.2, 0.25) is 0 Å². The first-order valence-electron chi connectivity index (χ1n) is 17.7. The fourth-order valence-electron chi connectivity index (χ4n) is 5.00. The average molecular weight is 597 g/mol. The molecule has 4 N–H and O–H groups in total. The monoisotopic (exact) mass is 597 g/mol. The maximum atomic E-state index is 12.0. The normalized spacial score (nSPS) is 12.3. The SMILES string of the molecule is CCCCCCCCCOC(=O)CCCCCCCN(CCCCCCCC)CCCN(N)/C=C(\N)COC(C)(C)C. The molecule has 0 aromatic carbocycles. The number of unbranched alkanes of at least 4 members (excludes halogenated alkanes) is 15. The van der Waals surface area contributed by atoms with E-state index in [-0.39, 0.29) is 11.6 Å². The van der Waals surface area contributed by atoms with Crippen LogP contribution in [0.4, 0.5) is 0 Å². The highest BCUT2D eigenvalue weighted by Crippen LogP contribution is 2.12. The van der Waals surface area contributed by atoms with Gasteiger partial charge in [-0.25, -0.2) is 5.84 Å². The van der Waals surface area contributed by atoms with E-state index in [0.29, 0.717) is 25.3 Å². The lowest BCUT2D eigenvalue weighted by molar-refractivity contribution is -0.143. The van der Waals surface area contributed by atoms with Crippen LogP contribution < -0.4 is 11.6 Å². The Bertz CT molecular complexity index is 636. The number of hydrogen-bond donors (Lipinski definition) is 2. The van der Waals surface area contributed by atoms with Gasteiger partial charge in [0.05, 0.1) is 24.5 Å². The molecular formula is C35H72N4O3. The second kappa shape index (κ2) is 28.5. The van der Waals surface area contributed by atoms with Crippen LogP contribution in [0.3, 0.4) is 0 Å². The molecule has 250 valence electrons. The highest BCUT2D eigenvalue weighted by atomic mass is 16.5. The molecule has 42 heavy (non-hydrogen) atoms. The first-order valence-corrected chi connectivity index (χ1v) is 17.7. The zero-order valence-electron chi connectivity index (χ0n) is 28.7. The molecule has 0 heterocycles. The van der Waals surface area contributed by atoms with Crippen LogP contribution in [0.2, 0.25) is 0 Å². The highest BCUT2D eigenvalue weighted by Gasteiger charge is 2.11. The molecule has 0 aliphatic rings.